The van der Waals surface area contributed by atoms with Gasteiger partial charge in [-0.15, -0.1) is 0 Å². The Balaban J connectivity index is 2.10. The molecule has 0 unspecified atom stereocenters. The van der Waals surface area contributed by atoms with E-state index in [0.717, 1.165) is 39.5 Å². The monoisotopic (exact) mass is 402 g/mol. The number of hydrogen-bond donors (Lipinski definition) is 1. The lowest BCUT2D eigenvalue weighted by molar-refractivity contribution is 0.0594. The highest BCUT2D eigenvalue weighted by Gasteiger charge is 2.22. The normalized spacial score (nSPS) is 11.7. The van der Waals surface area contributed by atoms with Gasteiger partial charge in [-0.05, 0) is 35.1 Å². The molecule has 1 aromatic carbocycles. The molecule has 25 heavy (non-hydrogen) atoms. The molecule has 0 amide bonds. The van der Waals surface area contributed by atoms with Gasteiger partial charge in [0.2, 0.25) is 0 Å². The number of aromatic nitrogens is 4. The van der Waals surface area contributed by atoms with Crippen LogP contribution in [0.2, 0.25) is 0 Å². The third-order valence-electron chi connectivity index (χ3n) is 4.08. The molecular formula is C18H19BrN4O2. The van der Waals surface area contributed by atoms with Gasteiger partial charge in [0, 0.05) is 17.1 Å². The summed E-state index contributed by atoms with van der Waals surface area (Å²) in [4.78, 5) is 15.8. The summed E-state index contributed by atoms with van der Waals surface area (Å²) in [6, 6.07) is 7.52. The fraction of sp³-hybridized carbons (Fsp3) is 0.333. The van der Waals surface area contributed by atoms with Crippen LogP contribution >= 0.6 is 15.9 Å². The fourth-order valence-electron chi connectivity index (χ4n) is 2.72. The van der Waals surface area contributed by atoms with Gasteiger partial charge in [-0.1, -0.05) is 41.9 Å². The van der Waals surface area contributed by atoms with Gasteiger partial charge in [-0.25, -0.2) is 9.78 Å². The van der Waals surface area contributed by atoms with Gasteiger partial charge >= 0.3 is 5.97 Å². The molecule has 0 saturated carbocycles. The number of carbonyl (C=O) groups excluding carboxylic acids is 1. The van der Waals surface area contributed by atoms with Crippen molar-refractivity contribution in [1.82, 2.24) is 20.4 Å². The van der Waals surface area contributed by atoms with Crippen LogP contribution in [-0.2, 0) is 11.2 Å². The van der Waals surface area contributed by atoms with Crippen LogP contribution in [0.1, 0.15) is 29.9 Å². The van der Waals surface area contributed by atoms with Crippen molar-refractivity contribution in [3.05, 3.63) is 41.7 Å². The molecule has 0 spiro atoms. The third-order valence-corrected chi connectivity index (χ3v) is 5.60. The number of nitrogens with one attached hydrogen (secondary N) is 1. The summed E-state index contributed by atoms with van der Waals surface area (Å²) in [5.74, 6) is -0.445. The van der Waals surface area contributed by atoms with Crippen molar-refractivity contribution in [2.75, 3.05) is 12.4 Å². The summed E-state index contributed by atoms with van der Waals surface area (Å²) < 4.78 is 4.70. The van der Waals surface area contributed by atoms with E-state index in [1.807, 2.05) is 18.2 Å². The highest BCUT2D eigenvalue weighted by molar-refractivity contribution is 9.09. The summed E-state index contributed by atoms with van der Waals surface area (Å²) in [5.41, 5.74) is 5.13. The minimum Gasteiger partial charge on any atom is -0.464 e. The second-order valence-corrected chi connectivity index (χ2v) is 7.24. The first-order valence-corrected chi connectivity index (χ1v) is 9.00. The van der Waals surface area contributed by atoms with Crippen LogP contribution in [0.5, 0.6) is 0 Å². The van der Waals surface area contributed by atoms with E-state index in [9.17, 15) is 4.79 Å². The van der Waals surface area contributed by atoms with Crippen LogP contribution in [0.25, 0.3) is 22.2 Å². The Labute approximate surface area is 154 Å². The van der Waals surface area contributed by atoms with Gasteiger partial charge in [0.1, 0.15) is 16.7 Å². The Kier molecular flexibility index (Phi) is 4.85. The number of nitrogens with zero attached hydrogens (tertiary/aromatic N) is 3. The summed E-state index contributed by atoms with van der Waals surface area (Å²) >= 11 is 3.59. The number of alkyl halides is 1. The SMILES string of the molecule is COC(=O)c1ccc(-c2ccc3n[nH]nc3c2CC(C)(C)CBr)cn1. The maximum atomic E-state index is 11.6. The van der Waals surface area contributed by atoms with Crippen LogP contribution in [0, 0.1) is 5.41 Å². The van der Waals surface area contributed by atoms with Gasteiger partial charge in [0.15, 0.2) is 0 Å². The number of esters is 1. The highest BCUT2D eigenvalue weighted by atomic mass is 79.9. The smallest absolute Gasteiger partial charge is 0.356 e. The molecule has 0 fully saturated rings. The lowest BCUT2D eigenvalue weighted by Gasteiger charge is -2.23. The maximum absolute atomic E-state index is 11.6. The van der Waals surface area contributed by atoms with Crippen molar-refractivity contribution in [3.8, 4) is 11.1 Å². The second kappa shape index (κ2) is 6.92. The summed E-state index contributed by atoms with van der Waals surface area (Å²) in [6.07, 6.45) is 2.52. The maximum Gasteiger partial charge on any atom is 0.356 e. The standard InChI is InChI=1S/C18H19BrN4O2/c1-18(2,10-19)8-13-12(5-7-14-16(13)22-23-21-14)11-4-6-15(20-9-11)17(24)25-3/h4-7,9H,8,10H2,1-3H3,(H,21,22,23). The molecule has 0 aliphatic carbocycles. The highest BCUT2D eigenvalue weighted by Crippen LogP contribution is 2.34. The van der Waals surface area contributed by atoms with E-state index in [4.69, 9.17) is 4.74 Å². The number of H-pyrrole nitrogens is 1. The molecule has 0 saturated heterocycles. The average molecular weight is 403 g/mol. The van der Waals surface area contributed by atoms with Crippen molar-refractivity contribution in [3.63, 3.8) is 0 Å². The zero-order valence-corrected chi connectivity index (χ0v) is 15.9. The van der Waals surface area contributed by atoms with Crippen molar-refractivity contribution in [2.45, 2.75) is 20.3 Å². The molecule has 2 aromatic heterocycles. The predicted octanol–water partition coefficient (Wildman–Crippen LogP) is 3.77. The summed E-state index contributed by atoms with van der Waals surface area (Å²) in [6.45, 7) is 4.39. The van der Waals surface area contributed by atoms with E-state index in [1.54, 1.807) is 12.3 Å². The van der Waals surface area contributed by atoms with Crippen LogP contribution in [-0.4, -0.2) is 38.8 Å². The minimum atomic E-state index is -0.445. The number of ether oxygens (including phenoxy) is 1. The number of pyridine rings is 1. The van der Waals surface area contributed by atoms with Gasteiger partial charge in [0.25, 0.3) is 0 Å². The number of benzene rings is 1. The molecule has 0 aliphatic rings. The van der Waals surface area contributed by atoms with E-state index in [-0.39, 0.29) is 11.1 Å². The number of hydrogen-bond acceptors (Lipinski definition) is 5. The van der Waals surface area contributed by atoms with Gasteiger partial charge in [0.05, 0.1) is 7.11 Å². The fourth-order valence-corrected chi connectivity index (χ4v) is 2.92. The Morgan fingerprint density at radius 3 is 2.68 bits per heavy atom. The zero-order valence-electron chi connectivity index (χ0n) is 14.3. The first-order valence-electron chi connectivity index (χ1n) is 7.88. The molecule has 0 bridgehead atoms. The molecule has 3 aromatic rings. The lowest BCUT2D eigenvalue weighted by atomic mass is 9.84. The molecule has 0 aliphatic heterocycles. The predicted molar refractivity (Wildman–Crippen MR) is 99.7 cm³/mol. The first-order chi connectivity index (χ1) is 11.9. The zero-order chi connectivity index (χ0) is 18.0. The van der Waals surface area contributed by atoms with Crippen LogP contribution < -0.4 is 0 Å². The number of rotatable bonds is 5. The van der Waals surface area contributed by atoms with Gasteiger partial charge < -0.3 is 4.74 Å². The molecule has 7 heteroatoms. The van der Waals surface area contributed by atoms with E-state index >= 15 is 0 Å². The molecular weight excluding hydrogens is 384 g/mol. The van der Waals surface area contributed by atoms with Crippen LogP contribution in [0.3, 0.4) is 0 Å². The van der Waals surface area contributed by atoms with Crippen molar-refractivity contribution < 1.29 is 9.53 Å². The molecule has 3 rings (SSSR count). The topological polar surface area (TPSA) is 80.8 Å². The van der Waals surface area contributed by atoms with Crippen molar-refractivity contribution in [1.29, 1.82) is 0 Å². The minimum absolute atomic E-state index is 0.0569. The van der Waals surface area contributed by atoms with Crippen LogP contribution in [0.4, 0.5) is 0 Å². The molecule has 6 nitrogen and oxygen atoms in total. The number of fused-ring (bicyclic) bond motifs is 1. The average Bonchev–Trinajstić information content (AvgIpc) is 3.10. The van der Waals surface area contributed by atoms with E-state index in [2.05, 4.69) is 50.2 Å². The molecule has 1 N–H and O–H groups in total. The Hall–Kier alpha value is -2.28. The molecule has 0 radical (unpaired) electrons. The van der Waals surface area contributed by atoms with Crippen LogP contribution in [0.15, 0.2) is 30.5 Å². The second-order valence-electron chi connectivity index (χ2n) is 6.68. The third kappa shape index (κ3) is 3.56. The molecule has 130 valence electrons. The van der Waals surface area contributed by atoms with Crippen molar-refractivity contribution >= 4 is 32.9 Å². The molecule has 2 heterocycles. The van der Waals surface area contributed by atoms with Gasteiger partial charge in [-0.3, -0.25) is 0 Å². The quantitative estimate of drug-likeness (QED) is 0.518. The number of halogens is 1. The lowest BCUT2D eigenvalue weighted by Crippen LogP contribution is -2.17. The van der Waals surface area contributed by atoms with E-state index in [0.29, 0.717) is 0 Å². The largest absolute Gasteiger partial charge is 0.464 e. The number of carbonyl (C=O) groups is 1. The number of aromatic amines is 1. The number of methoxy groups -OCH3 is 1. The first kappa shape index (κ1) is 17.5. The van der Waals surface area contributed by atoms with E-state index < -0.39 is 5.97 Å². The molecule has 0 atom stereocenters. The summed E-state index contributed by atoms with van der Waals surface area (Å²) in [7, 11) is 1.34. The Morgan fingerprint density at radius 1 is 1.24 bits per heavy atom. The Bertz CT molecular complexity index is 903. The van der Waals surface area contributed by atoms with E-state index in [1.165, 1.54) is 7.11 Å². The van der Waals surface area contributed by atoms with Gasteiger partial charge in [-0.2, -0.15) is 15.4 Å². The van der Waals surface area contributed by atoms with Crippen molar-refractivity contribution in [2.24, 2.45) is 5.41 Å². The Morgan fingerprint density at radius 2 is 2.04 bits per heavy atom. The summed E-state index contributed by atoms with van der Waals surface area (Å²) in [5, 5.41) is 12.1.